The summed E-state index contributed by atoms with van der Waals surface area (Å²) in [7, 11) is 0. The topological polar surface area (TPSA) is 72.5 Å². The second kappa shape index (κ2) is 5.34. The monoisotopic (exact) mass is 323 g/mol. The fraction of sp³-hybridized carbons (Fsp3) is 0. The predicted octanol–water partition coefficient (Wildman–Crippen LogP) is 3.93. The SMILES string of the molecule is O=C(Nc1ccccc1F)c1cc2c(=O)c3ccccc3oc2o1. The van der Waals surface area contributed by atoms with Crippen LogP contribution in [0.2, 0.25) is 0 Å². The van der Waals surface area contributed by atoms with Crippen LogP contribution in [0, 0.1) is 5.82 Å². The number of benzene rings is 2. The molecular formula is C18H10FNO4. The number of carbonyl (C=O) groups is 1. The van der Waals surface area contributed by atoms with Gasteiger partial charge < -0.3 is 14.2 Å². The molecule has 24 heavy (non-hydrogen) atoms. The van der Waals surface area contributed by atoms with Crippen LogP contribution in [0.4, 0.5) is 10.1 Å². The molecule has 0 fully saturated rings. The molecule has 0 aliphatic rings. The number of hydrogen-bond acceptors (Lipinski definition) is 4. The number of furan rings is 1. The number of fused-ring (bicyclic) bond motifs is 2. The van der Waals surface area contributed by atoms with E-state index in [1.54, 1.807) is 30.3 Å². The van der Waals surface area contributed by atoms with Crippen LogP contribution >= 0.6 is 0 Å². The van der Waals surface area contributed by atoms with E-state index in [4.69, 9.17) is 8.83 Å². The average molecular weight is 323 g/mol. The van der Waals surface area contributed by atoms with Gasteiger partial charge in [0.25, 0.3) is 5.91 Å². The quantitative estimate of drug-likeness (QED) is 0.606. The summed E-state index contributed by atoms with van der Waals surface area (Å²) in [6.45, 7) is 0. The lowest BCUT2D eigenvalue weighted by atomic mass is 10.2. The summed E-state index contributed by atoms with van der Waals surface area (Å²) in [4.78, 5) is 24.6. The Labute approximate surface area is 134 Å². The van der Waals surface area contributed by atoms with Crippen molar-refractivity contribution >= 4 is 33.7 Å². The maximum Gasteiger partial charge on any atom is 0.302 e. The molecule has 5 nitrogen and oxygen atoms in total. The molecule has 1 N–H and O–H groups in total. The minimum absolute atomic E-state index is 0.0207. The van der Waals surface area contributed by atoms with Crippen molar-refractivity contribution in [1.29, 1.82) is 0 Å². The Morgan fingerprint density at radius 1 is 0.958 bits per heavy atom. The molecule has 0 aliphatic heterocycles. The highest BCUT2D eigenvalue weighted by Gasteiger charge is 2.18. The second-order valence-corrected chi connectivity index (χ2v) is 5.17. The first kappa shape index (κ1) is 14.2. The minimum atomic E-state index is -0.671. The van der Waals surface area contributed by atoms with E-state index in [1.165, 1.54) is 24.3 Å². The van der Waals surface area contributed by atoms with Crippen molar-refractivity contribution in [2.45, 2.75) is 0 Å². The van der Waals surface area contributed by atoms with E-state index >= 15 is 0 Å². The van der Waals surface area contributed by atoms with Crippen molar-refractivity contribution in [1.82, 2.24) is 0 Å². The van der Waals surface area contributed by atoms with Crippen LogP contribution in [0.5, 0.6) is 0 Å². The van der Waals surface area contributed by atoms with Crippen LogP contribution < -0.4 is 10.7 Å². The number of rotatable bonds is 2. The van der Waals surface area contributed by atoms with Gasteiger partial charge in [0.1, 0.15) is 16.8 Å². The Balaban J connectivity index is 1.79. The third-order valence-corrected chi connectivity index (χ3v) is 3.62. The van der Waals surface area contributed by atoms with Crippen LogP contribution in [-0.4, -0.2) is 5.91 Å². The highest BCUT2D eigenvalue weighted by atomic mass is 19.1. The number of nitrogens with one attached hydrogen (secondary N) is 1. The van der Waals surface area contributed by atoms with Gasteiger partial charge in [-0.1, -0.05) is 24.3 Å². The van der Waals surface area contributed by atoms with E-state index in [9.17, 15) is 14.0 Å². The Morgan fingerprint density at radius 3 is 2.54 bits per heavy atom. The Morgan fingerprint density at radius 2 is 1.71 bits per heavy atom. The number of carbonyl (C=O) groups excluding carboxylic acids is 1. The van der Waals surface area contributed by atoms with Gasteiger partial charge in [0.05, 0.1) is 11.1 Å². The minimum Gasteiger partial charge on any atom is -0.425 e. The van der Waals surface area contributed by atoms with E-state index < -0.39 is 11.7 Å². The van der Waals surface area contributed by atoms with Crippen LogP contribution in [0.1, 0.15) is 10.6 Å². The van der Waals surface area contributed by atoms with Crippen LogP contribution in [0.15, 0.2) is 68.2 Å². The zero-order valence-corrected chi connectivity index (χ0v) is 12.2. The molecular weight excluding hydrogens is 313 g/mol. The van der Waals surface area contributed by atoms with Gasteiger partial charge in [-0.15, -0.1) is 0 Å². The Hall–Kier alpha value is -3.41. The maximum atomic E-state index is 13.6. The molecule has 0 radical (unpaired) electrons. The molecule has 1 amide bonds. The smallest absolute Gasteiger partial charge is 0.302 e. The van der Waals surface area contributed by atoms with Gasteiger partial charge in [-0.05, 0) is 24.3 Å². The first-order chi connectivity index (χ1) is 11.6. The number of para-hydroxylation sites is 2. The van der Waals surface area contributed by atoms with E-state index in [2.05, 4.69) is 5.32 Å². The van der Waals surface area contributed by atoms with Crippen molar-refractivity contribution in [3.05, 3.63) is 76.4 Å². The third-order valence-electron chi connectivity index (χ3n) is 3.62. The Kier molecular flexibility index (Phi) is 3.16. The van der Waals surface area contributed by atoms with Crippen molar-refractivity contribution in [2.75, 3.05) is 5.32 Å². The predicted molar refractivity (Wildman–Crippen MR) is 86.6 cm³/mol. The van der Waals surface area contributed by atoms with Gasteiger partial charge in [0, 0.05) is 6.07 Å². The summed E-state index contributed by atoms with van der Waals surface area (Å²) in [5.74, 6) is -1.42. The van der Waals surface area contributed by atoms with Crippen LogP contribution in [-0.2, 0) is 0 Å². The van der Waals surface area contributed by atoms with Gasteiger partial charge in [-0.3, -0.25) is 9.59 Å². The zero-order chi connectivity index (χ0) is 16.7. The standard InChI is InChI=1S/C18H10FNO4/c19-12-6-2-3-7-13(12)20-17(22)15-9-11-16(21)10-5-1-4-8-14(10)23-18(11)24-15/h1-9H,(H,20,22). The molecule has 118 valence electrons. The molecule has 0 saturated heterocycles. The number of hydrogen-bond donors (Lipinski definition) is 1. The summed E-state index contributed by atoms with van der Waals surface area (Å²) in [6.07, 6.45) is 0. The third kappa shape index (κ3) is 2.25. The first-order valence-corrected chi connectivity index (χ1v) is 7.15. The van der Waals surface area contributed by atoms with Crippen molar-refractivity contribution in [3.63, 3.8) is 0 Å². The molecule has 0 bridgehead atoms. The van der Waals surface area contributed by atoms with Gasteiger partial charge in [-0.2, -0.15) is 0 Å². The molecule has 2 heterocycles. The lowest BCUT2D eigenvalue weighted by molar-refractivity contribution is 0.0996. The van der Waals surface area contributed by atoms with Crippen molar-refractivity contribution < 1.29 is 18.0 Å². The molecule has 2 aromatic heterocycles. The number of amides is 1. The molecule has 0 spiro atoms. The van der Waals surface area contributed by atoms with Crippen molar-refractivity contribution in [2.24, 2.45) is 0 Å². The molecule has 0 saturated carbocycles. The fourth-order valence-corrected chi connectivity index (χ4v) is 2.45. The van der Waals surface area contributed by atoms with Crippen LogP contribution in [0.3, 0.4) is 0 Å². The molecule has 0 atom stereocenters. The summed E-state index contributed by atoms with van der Waals surface area (Å²) in [5, 5.41) is 2.95. The summed E-state index contributed by atoms with van der Waals surface area (Å²) in [6, 6.07) is 13.8. The largest absolute Gasteiger partial charge is 0.425 e. The lowest BCUT2D eigenvalue weighted by Crippen LogP contribution is -2.12. The maximum absolute atomic E-state index is 13.6. The van der Waals surface area contributed by atoms with Crippen molar-refractivity contribution in [3.8, 4) is 0 Å². The number of anilines is 1. The summed E-state index contributed by atoms with van der Waals surface area (Å²) < 4.78 is 24.5. The highest BCUT2D eigenvalue weighted by Crippen LogP contribution is 2.22. The van der Waals surface area contributed by atoms with Gasteiger partial charge >= 0.3 is 5.78 Å². The van der Waals surface area contributed by atoms with Gasteiger partial charge in [0.15, 0.2) is 5.76 Å². The number of halogens is 1. The van der Waals surface area contributed by atoms with E-state index in [1.807, 2.05) is 0 Å². The lowest BCUT2D eigenvalue weighted by Gasteiger charge is -2.03. The fourth-order valence-electron chi connectivity index (χ4n) is 2.45. The van der Waals surface area contributed by atoms with E-state index in [-0.39, 0.29) is 28.0 Å². The first-order valence-electron chi connectivity index (χ1n) is 7.15. The van der Waals surface area contributed by atoms with Gasteiger partial charge in [0.2, 0.25) is 5.43 Å². The molecule has 0 aliphatic carbocycles. The second-order valence-electron chi connectivity index (χ2n) is 5.17. The van der Waals surface area contributed by atoms with Gasteiger partial charge in [-0.25, -0.2) is 4.39 Å². The van der Waals surface area contributed by atoms with E-state index in [0.29, 0.717) is 11.0 Å². The summed E-state index contributed by atoms with van der Waals surface area (Å²) in [5.41, 5.74) is 0.0957. The Bertz CT molecular complexity index is 1140. The molecule has 6 heteroatoms. The normalized spacial score (nSPS) is 11.0. The highest BCUT2D eigenvalue weighted by molar-refractivity contribution is 6.04. The molecule has 0 unspecified atom stereocenters. The van der Waals surface area contributed by atoms with E-state index in [0.717, 1.165) is 0 Å². The zero-order valence-electron chi connectivity index (χ0n) is 12.2. The van der Waals surface area contributed by atoms with Crippen LogP contribution in [0.25, 0.3) is 22.1 Å². The summed E-state index contributed by atoms with van der Waals surface area (Å²) >= 11 is 0. The molecule has 4 aromatic rings. The molecule has 2 aromatic carbocycles. The molecule has 4 rings (SSSR count). The average Bonchev–Trinajstić information content (AvgIpc) is 3.02.